The van der Waals surface area contributed by atoms with E-state index in [0.717, 1.165) is 40.3 Å². The van der Waals surface area contributed by atoms with Gasteiger partial charge in [-0.3, -0.25) is 0 Å². The number of nitrogens with zero attached hydrogens (tertiary/aromatic N) is 2. The molecule has 0 aliphatic carbocycles. The van der Waals surface area contributed by atoms with Gasteiger partial charge in [0.05, 0.1) is 5.69 Å². The van der Waals surface area contributed by atoms with Crippen LogP contribution in [0.15, 0.2) is 34.8 Å². The minimum Gasteiger partial charge on any atom is -0.316 e. The fourth-order valence-electron chi connectivity index (χ4n) is 2.65. The molecule has 1 saturated heterocycles. The summed E-state index contributed by atoms with van der Waals surface area (Å²) >= 11 is 3.61. The Labute approximate surface area is 128 Å². The topological polar surface area (TPSA) is 37.8 Å². The van der Waals surface area contributed by atoms with Crippen LogP contribution in [0, 0.1) is 6.92 Å². The van der Waals surface area contributed by atoms with Crippen molar-refractivity contribution < 1.29 is 0 Å². The van der Waals surface area contributed by atoms with Gasteiger partial charge in [-0.2, -0.15) is 0 Å². The van der Waals surface area contributed by atoms with Gasteiger partial charge in [0.25, 0.3) is 0 Å². The Morgan fingerprint density at radius 3 is 2.85 bits per heavy atom. The van der Waals surface area contributed by atoms with Gasteiger partial charge in [0.1, 0.15) is 5.82 Å². The summed E-state index contributed by atoms with van der Waals surface area (Å²) in [7, 11) is 0. The van der Waals surface area contributed by atoms with Crippen LogP contribution in [0.4, 0.5) is 0 Å². The number of rotatable bonds is 2. The van der Waals surface area contributed by atoms with Gasteiger partial charge in [0.2, 0.25) is 0 Å². The molecule has 1 aromatic heterocycles. The van der Waals surface area contributed by atoms with Gasteiger partial charge in [-0.05, 0) is 38.4 Å². The Morgan fingerprint density at radius 2 is 2.10 bits per heavy atom. The van der Waals surface area contributed by atoms with Crippen LogP contribution in [0.3, 0.4) is 0 Å². The lowest BCUT2D eigenvalue weighted by Crippen LogP contribution is -2.29. The molecule has 1 atom stereocenters. The van der Waals surface area contributed by atoms with Crippen molar-refractivity contribution in [3.63, 3.8) is 0 Å². The first-order valence-electron chi connectivity index (χ1n) is 7.05. The number of nitrogens with one attached hydrogen (secondary N) is 1. The normalized spacial score (nSPS) is 19.0. The molecule has 1 aliphatic rings. The Kier molecular flexibility index (Phi) is 4.13. The lowest BCUT2D eigenvalue weighted by Gasteiger charge is -2.22. The maximum absolute atomic E-state index is 4.81. The molecule has 104 valence electrons. The van der Waals surface area contributed by atoms with Crippen molar-refractivity contribution in [3.8, 4) is 11.3 Å². The second kappa shape index (κ2) is 6.02. The zero-order chi connectivity index (χ0) is 13.9. The van der Waals surface area contributed by atoms with Gasteiger partial charge in [0, 0.05) is 28.2 Å². The van der Waals surface area contributed by atoms with Crippen LogP contribution in [-0.4, -0.2) is 23.1 Å². The summed E-state index contributed by atoms with van der Waals surface area (Å²) in [5.41, 5.74) is 3.17. The molecule has 4 heteroatoms. The lowest BCUT2D eigenvalue weighted by molar-refractivity contribution is 0.446. The fraction of sp³-hybridized carbons (Fsp3) is 0.375. The molecule has 1 N–H and O–H groups in total. The zero-order valence-electron chi connectivity index (χ0n) is 11.6. The average Bonchev–Trinajstić information content (AvgIpc) is 2.48. The largest absolute Gasteiger partial charge is 0.316 e. The quantitative estimate of drug-likeness (QED) is 0.912. The molecule has 2 aromatic rings. The van der Waals surface area contributed by atoms with E-state index in [2.05, 4.69) is 44.4 Å². The Bertz CT molecular complexity index is 606. The van der Waals surface area contributed by atoms with E-state index in [9.17, 15) is 0 Å². The number of piperidine rings is 1. The average molecular weight is 332 g/mol. The number of hydrogen-bond donors (Lipinski definition) is 1. The summed E-state index contributed by atoms with van der Waals surface area (Å²) in [5, 5.41) is 3.43. The van der Waals surface area contributed by atoms with E-state index < -0.39 is 0 Å². The number of halogens is 1. The summed E-state index contributed by atoms with van der Waals surface area (Å²) in [5.74, 6) is 1.41. The van der Waals surface area contributed by atoms with Crippen LogP contribution in [0.1, 0.15) is 30.3 Å². The molecule has 1 aliphatic heterocycles. The monoisotopic (exact) mass is 331 g/mol. The summed E-state index contributed by atoms with van der Waals surface area (Å²) in [6.45, 7) is 4.14. The number of aromatic nitrogens is 2. The molecule has 1 unspecified atom stereocenters. The summed E-state index contributed by atoms with van der Waals surface area (Å²) in [6, 6.07) is 10.3. The lowest BCUT2D eigenvalue weighted by atomic mass is 9.98. The number of hydrogen-bond acceptors (Lipinski definition) is 3. The van der Waals surface area contributed by atoms with Crippen LogP contribution >= 0.6 is 15.9 Å². The third-order valence-corrected chi connectivity index (χ3v) is 4.37. The predicted octanol–water partition coefficient (Wildman–Crippen LogP) is 3.68. The SMILES string of the molecule is Cc1cc(-c2ccccc2Br)nc(C2CCCNC2)n1. The standard InChI is InChI=1S/C16H18BrN3/c1-11-9-15(13-6-2-3-7-14(13)17)20-16(19-11)12-5-4-8-18-10-12/h2-3,6-7,9,12,18H,4-5,8,10H2,1H3. The summed E-state index contributed by atoms with van der Waals surface area (Å²) in [6.07, 6.45) is 2.37. The van der Waals surface area contributed by atoms with E-state index in [0.29, 0.717) is 5.92 Å². The van der Waals surface area contributed by atoms with Crippen LogP contribution in [0.25, 0.3) is 11.3 Å². The highest BCUT2D eigenvalue weighted by atomic mass is 79.9. The molecule has 0 amide bonds. The van der Waals surface area contributed by atoms with Crippen LogP contribution < -0.4 is 5.32 Å². The van der Waals surface area contributed by atoms with Crippen molar-refractivity contribution >= 4 is 15.9 Å². The van der Waals surface area contributed by atoms with Gasteiger partial charge in [-0.1, -0.05) is 34.1 Å². The maximum atomic E-state index is 4.81. The first kappa shape index (κ1) is 13.7. The molecular weight excluding hydrogens is 314 g/mol. The molecule has 3 rings (SSSR count). The molecule has 0 saturated carbocycles. The third kappa shape index (κ3) is 2.91. The van der Waals surface area contributed by atoms with Crippen LogP contribution in [0.2, 0.25) is 0 Å². The highest BCUT2D eigenvalue weighted by molar-refractivity contribution is 9.10. The molecular formula is C16H18BrN3. The van der Waals surface area contributed by atoms with Gasteiger partial charge < -0.3 is 5.32 Å². The van der Waals surface area contributed by atoms with E-state index in [1.807, 2.05) is 19.1 Å². The zero-order valence-corrected chi connectivity index (χ0v) is 13.2. The van der Waals surface area contributed by atoms with Crippen molar-refractivity contribution in [1.82, 2.24) is 15.3 Å². The Hall–Kier alpha value is -1.26. The smallest absolute Gasteiger partial charge is 0.133 e. The molecule has 3 nitrogen and oxygen atoms in total. The molecule has 0 radical (unpaired) electrons. The minimum absolute atomic E-state index is 0.435. The summed E-state index contributed by atoms with van der Waals surface area (Å²) in [4.78, 5) is 9.45. The van der Waals surface area contributed by atoms with E-state index in [4.69, 9.17) is 4.98 Å². The van der Waals surface area contributed by atoms with Crippen LogP contribution in [0.5, 0.6) is 0 Å². The minimum atomic E-state index is 0.435. The first-order chi connectivity index (χ1) is 9.74. The molecule has 2 heterocycles. The van der Waals surface area contributed by atoms with Crippen molar-refractivity contribution in [2.24, 2.45) is 0 Å². The van der Waals surface area contributed by atoms with Crippen LogP contribution in [-0.2, 0) is 0 Å². The number of benzene rings is 1. The van der Waals surface area contributed by atoms with E-state index in [1.165, 1.54) is 12.8 Å². The maximum Gasteiger partial charge on any atom is 0.133 e. The molecule has 1 fully saturated rings. The van der Waals surface area contributed by atoms with Gasteiger partial charge in [-0.25, -0.2) is 9.97 Å². The molecule has 20 heavy (non-hydrogen) atoms. The first-order valence-corrected chi connectivity index (χ1v) is 7.84. The predicted molar refractivity (Wildman–Crippen MR) is 84.7 cm³/mol. The van der Waals surface area contributed by atoms with Crippen molar-refractivity contribution in [2.45, 2.75) is 25.7 Å². The second-order valence-corrected chi connectivity index (χ2v) is 6.13. The third-order valence-electron chi connectivity index (χ3n) is 3.68. The second-order valence-electron chi connectivity index (χ2n) is 5.28. The molecule has 1 aromatic carbocycles. The number of aryl methyl sites for hydroxylation is 1. The van der Waals surface area contributed by atoms with Crippen molar-refractivity contribution in [3.05, 3.63) is 46.3 Å². The Morgan fingerprint density at radius 1 is 1.25 bits per heavy atom. The Balaban J connectivity index is 2.00. The van der Waals surface area contributed by atoms with E-state index in [1.54, 1.807) is 0 Å². The fourth-order valence-corrected chi connectivity index (χ4v) is 3.14. The van der Waals surface area contributed by atoms with Crippen molar-refractivity contribution in [2.75, 3.05) is 13.1 Å². The molecule has 0 spiro atoms. The summed E-state index contributed by atoms with van der Waals surface area (Å²) < 4.78 is 1.07. The van der Waals surface area contributed by atoms with Gasteiger partial charge in [0.15, 0.2) is 0 Å². The van der Waals surface area contributed by atoms with E-state index >= 15 is 0 Å². The highest BCUT2D eigenvalue weighted by Crippen LogP contribution is 2.28. The van der Waals surface area contributed by atoms with E-state index in [-0.39, 0.29) is 0 Å². The van der Waals surface area contributed by atoms with Crippen molar-refractivity contribution in [1.29, 1.82) is 0 Å². The van der Waals surface area contributed by atoms with Gasteiger partial charge in [-0.15, -0.1) is 0 Å². The van der Waals surface area contributed by atoms with Gasteiger partial charge >= 0.3 is 0 Å². The molecule has 0 bridgehead atoms. The highest BCUT2D eigenvalue weighted by Gasteiger charge is 2.19.